The van der Waals surface area contributed by atoms with Gasteiger partial charge in [0.25, 0.3) is 0 Å². The highest BCUT2D eigenvalue weighted by atomic mass is 127. The molecule has 0 aliphatic carbocycles. The summed E-state index contributed by atoms with van der Waals surface area (Å²) in [6, 6.07) is 0. The summed E-state index contributed by atoms with van der Waals surface area (Å²) in [6.07, 6.45) is 6.75. The average molecular weight is 546 g/mol. The molecule has 2 aliphatic heterocycles. The molecule has 0 saturated carbocycles. The molecule has 2 fully saturated rings. The summed E-state index contributed by atoms with van der Waals surface area (Å²) in [5.74, 6) is 1.53. The fraction of sp³-hybridized carbons (Fsp3) is 0.947. The number of nitrogens with one attached hydrogen (secondary N) is 3. The first-order chi connectivity index (χ1) is 13.5. The van der Waals surface area contributed by atoms with Gasteiger partial charge in [-0.25, -0.2) is 13.1 Å². The number of likely N-dealkylation sites (tertiary alicyclic amines) is 1. The van der Waals surface area contributed by atoms with Crippen LogP contribution < -0.4 is 15.4 Å². The summed E-state index contributed by atoms with van der Waals surface area (Å²) in [5, 5.41) is 6.35. The third kappa shape index (κ3) is 11.7. The van der Waals surface area contributed by atoms with E-state index >= 15 is 0 Å². The van der Waals surface area contributed by atoms with Crippen molar-refractivity contribution in [3.63, 3.8) is 0 Å². The van der Waals surface area contributed by atoms with E-state index in [2.05, 4.69) is 32.2 Å². The van der Waals surface area contributed by atoms with Crippen LogP contribution in [0.5, 0.6) is 0 Å². The molecule has 0 bridgehead atoms. The topological polar surface area (TPSA) is 95.1 Å². The van der Waals surface area contributed by atoms with Crippen LogP contribution in [-0.4, -0.2) is 84.1 Å². The van der Waals surface area contributed by atoms with E-state index in [-0.39, 0.29) is 35.8 Å². The van der Waals surface area contributed by atoms with Crippen molar-refractivity contribution >= 4 is 40.0 Å². The Labute approximate surface area is 194 Å². The first-order valence-corrected chi connectivity index (χ1v) is 12.4. The van der Waals surface area contributed by atoms with Crippen LogP contribution in [0.15, 0.2) is 4.99 Å². The van der Waals surface area contributed by atoms with Crippen LogP contribution in [0.3, 0.4) is 0 Å². The van der Waals surface area contributed by atoms with Gasteiger partial charge < -0.3 is 20.3 Å². The Bertz CT molecular complexity index is 562. The third-order valence-electron chi connectivity index (χ3n) is 5.51. The van der Waals surface area contributed by atoms with Crippen molar-refractivity contribution in [2.24, 2.45) is 10.9 Å². The zero-order chi connectivity index (χ0) is 20.2. The summed E-state index contributed by atoms with van der Waals surface area (Å²) in [4.78, 5) is 6.69. The summed E-state index contributed by atoms with van der Waals surface area (Å²) in [6.45, 7) is 8.07. The standard InChI is InChI=1S/C19H39N5O3S.HI/c1-17-7-12-24(13-8-17)11-5-9-21-19(20-2)22-10-15-28(25,26)23-16-18-6-3-4-14-27-18;/h17-18,23H,3-16H2,1-2H3,(H2,20,21,22);1H. The lowest BCUT2D eigenvalue weighted by molar-refractivity contribution is 0.0200. The Morgan fingerprint density at radius 2 is 1.86 bits per heavy atom. The zero-order valence-corrected chi connectivity index (χ0v) is 21.1. The minimum Gasteiger partial charge on any atom is -0.377 e. The molecule has 1 atom stereocenters. The Kier molecular flexibility index (Phi) is 13.7. The quantitative estimate of drug-likeness (QED) is 0.166. The Balaban J connectivity index is 0.00000420. The van der Waals surface area contributed by atoms with Crippen LogP contribution in [0.25, 0.3) is 0 Å². The molecule has 10 heteroatoms. The van der Waals surface area contributed by atoms with Crippen molar-refractivity contribution in [3.8, 4) is 0 Å². The molecule has 3 N–H and O–H groups in total. The predicted molar refractivity (Wildman–Crippen MR) is 130 cm³/mol. The van der Waals surface area contributed by atoms with Gasteiger partial charge >= 0.3 is 0 Å². The lowest BCUT2D eigenvalue weighted by Crippen LogP contribution is -2.43. The fourth-order valence-corrected chi connectivity index (χ4v) is 4.53. The number of aliphatic imine (C=N–C) groups is 1. The lowest BCUT2D eigenvalue weighted by atomic mass is 9.99. The summed E-state index contributed by atoms with van der Waals surface area (Å²) < 4.78 is 32.5. The Morgan fingerprint density at radius 1 is 1.14 bits per heavy atom. The Hall–Kier alpha value is -0.170. The molecular weight excluding hydrogens is 505 g/mol. The number of hydrogen-bond acceptors (Lipinski definition) is 5. The van der Waals surface area contributed by atoms with Crippen molar-refractivity contribution in [3.05, 3.63) is 0 Å². The molecule has 0 aromatic heterocycles. The van der Waals surface area contributed by atoms with E-state index in [1.54, 1.807) is 7.05 Å². The number of hydrogen-bond donors (Lipinski definition) is 3. The first-order valence-electron chi connectivity index (χ1n) is 10.7. The van der Waals surface area contributed by atoms with Gasteiger partial charge in [-0.3, -0.25) is 4.99 Å². The SMILES string of the molecule is CN=C(NCCCN1CCC(C)CC1)NCCS(=O)(=O)NCC1CCCCO1.I. The average Bonchev–Trinajstić information content (AvgIpc) is 2.70. The highest BCUT2D eigenvalue weighted by molar-refractivity contribution is 14.0. The van der Waals surface area contributed by atoms with Gasteiger partial charge in [-0.15, -0.1) is 24.0 Å². The highest BCUT2D eigenvalue weighted by Crippen LogP contribution is 2.15. The fourth-order valence-electron chi connectivity index (χ4n) is 3.58. The molecule has 2 aliphatic rings. The predicted octanol–water partition coefficient (Wildman–Crippen LogP) is 1.38. The Morgan fingerprint density at radius 3 is 2.52 bits per heavy atom. The monoisotopic (exact) mass is 545 g/mol. The number of piperidine rings is 1. The van der Waals surface area contributed by atoms with Gasteiger partial charge in [0, 0.05) is 33.3 Å². The van der Waals surface area contributed by atoms with Gasteiger partial charge in [-0.05, 0) is 64.1 Å². The molecule has 29 heavy (non-hydrogen) atoms. The molecule has 0 amide bonds. The van der Waals surface area contributed by atoms with Crippen LogP contribution in [0.2, 0.25) is 0 Å². The van der Waals surface area contributed by atoms with Crippen molar-refractivity contribution < 1.29 is 13.2 Å². The second-order valence-electron chi connectivity index (χ2n) is 7.96. The normalized spacial score (nSPS) is 22.1. The lowest BCUT2D eigenvalue weighted by Gasteiger charge is -2.30. The van der Waals surface area contributed by atoms with Gasteiger partial charge in [0.2, 0.25) is 10.0 Å². The summed E-state index contributed by atoms with van der Waals surface area (Å²) in [5.41, 5.74) is 0. The maximum Gasteiger partial charge on any atom is 0.213 e. The largest absolute Gasteiger partial charge is 0.377 e. The van der Waals surface area contributed by atoms with Crippen LogP contribution >= 0.6 is 24.0 Å². The summed E-state index contributed by atoms with van der Waals surface area (Å²) in [7, 11) is -1.61. The summed E-state index contributed by atoms with van der Waals surface area (Å²) >= 11 is 0. The molecule has 2 heterocycles. The van der Waals surface area contributed by atoms with Crippen LogP contribution in [0.4, 0.5) is 0 Å². The van der Waals surface area contributed by atoms with E-state index in [9.17, 15) is 8.42 Å². The van der Waals surface area contributed by atoms with Crippen molar-refractivity contribution in [1.29, 1.82) is 0 Å². The van der Waals surface area contributed by atoms with E-state index in [0.29, 0.717) is 19.0 Å². The van der Waals surface area contributed by atoms with Crippen LogP contribution in [0, 0.1) is 5.92 Å². The molecular formula is C19H40IN5O3S. The maximum atomic E-state index is 12.1. The number of rotatable bonds is 10. The van der Waals surface area contributed by atoms with Gasteiger partial charge in [-0.2, -0.15) is 0 Å². The first kappa shape index (κ1) is 26.9. The second kappa shape index (κ2) is 14.8. The second-order valence-corrected chi connectivity index (χ2v) is 9.89. The maximum absolute atomic E-state index is 12.1. The third-order valence-corrected chi connectivity index (χ3v) is 6.86. The van der Waals surface area contributed by atoms with Gasteiger partial charge in [0.1, 0.15) is 0 Å². The molecule has 0 aromatic rings. The van der Waals surface area contributed by atoms with Crippen molar-refractivity contribution in [1.82, 2.24) is 20.3 Å². The molecule has 172 valence electrons. The zero-order valence-electron chi connectivity index (χ0n) is 18.0. The van der Waals surface area contributed by atoms with Gasteiger partial charge in [0.15, 0.2) is 5.96 Å². The van der Waals surface area contributed by atoms with Crippen LogP contribution in [-0.2, 0) is 14.8 Å². The number of sulfonamides is 1. The number of nitrogens with zero attached hydrogens (tertiary/aromatic N) is 2. The number of halogens is 1. The molecule has 2 saturated heterocycles. The molecule has 1 unspecified atom stereocenters. The van der Waals surface area contributed by atoms with E-state index in [1.807, 2.05) is 0 Å². The van der Waals surface area contributed by atoms with E-state index < -0.39 is 10.0 Å². The van der Waals surface area contributed by atoms with Gasteiger partial charge in [-0.1, -0.05) is 6.92 Å². The van der Waals surface area contributed by atoms with Crippen molar-refractivity contribution in [2.75, 3.05) is 58.7 Å². The van der Waals surface area contributed by atoms with Crippen molar-refractivity contribution in [2.45, 2.75) is 51.6 Å². The van der Waals surface area contributed by atoms with E-state index in [4.69, 9.17) is 4.74 Å². The molecule has 8 nitrogen and oxygen atoms in total. The minimum atomic E-state index is -3.31. The van der Waals surface area contributed by atoms with E-state index in [0.717, 1.165) is 51.3 Å². The molecule has 2 rings (SSSR count). The number of guanidine groups is 1. The van der Waals surface area contributed by atoms with E-state index in [1.165, 1.54) is 25.9 Å². The minimum absolute atomic E-state index is 0. The molecule has 0 aromatic carbocycles. The van der Waals surface area contributed by atoms with Crippen LogP contribution in [0.1, 0.15) is 45.4 Å². The molecule has 0 spiro atoms. The highest BCUT2D eigenvalue weighted by Gasteiger charge is 2.18. The van der Waals surface area contributed by atoms with Gasteiger partial charge in [0.05, 0.1) is 11.9 Å². The number of ether oxygens (including phenoxy) is 1. The molecule has 0 radical (unpaired) electrons. The smallest absolute Gasteiger partial charge is 0.213 e.